The second kappa shape index (κ2) is 11.1. The molecular formula is C31H37N5O3. The van der Waals surface area contributed by atoms with Crippen LogP contribution in [0.5, 0.6) is 5.75 Å². The van der Waals surface area contributed by atoms with Crippen molar-refractivity contribution in [1.82, 2.24) is 19.3 Å². The van der Waals surface area contributed by atoms with Crippen LogP contribution in [0.1, 0.15) is 67.9 Å². The average Bonchev–Trinajstić information content (AvgIpc) is 3.55. The largest absolute Gasteiger partial charge is 0.487 e. The fraction of sp³-hybridized carbons (Fsp3) is 0.452. The molecule has 2 fully saturated rings. The van der Waals surface area contributed by atoms with Crippen molar-refractivity contribution in [2.24, 2.45) is 13.0 Å². The summed E-state index contributed by atoms with van der Waals surface area (Å²) >= 11 is 0. The quantitative estimate of drug-likeness (QED) is 0.314. The molecule has 1 N–H and O–H groups in total. The zero-order valence-electron chi connectivity index (χ0n) is 22.6. The van der Waals surface area contributed by atoms with E-state index >= 15 is 0 Å². The van der Waals surface area contributed by atoms with Gasteiger partial charge in [-0.3, -0.25) is 9.48 Å². The highest BCUT2D eigenvalue weighted by molar-refractivity contribution is 5.79. The third kappa shape index (κ3) is 5.51. The lowest BCUT2D eigenvalue weighted by atomic mass is 9.78. The summed E-state index contributed by atoms with van der Waals surface area (Å²) in [7, 11) is 1.89. The van der Waals surface area contributed by atoms with E-state index in [1.54, 1.807) is 4.68 Å². The van der Waals surface area contributed by atoms with Crippen LogP contribution in [-0.2, 0) is 25.0 Å². The van der Waals surface area contributed by atoms with Crippen molar-refractivity contribution in [3.8, 4) is 5.75 Å². The molecular weight excluding hydrogens is 490 g/mol. The molecule has 204 valence electrons. The lowest BCUT2D eigenvalue weighted by molar-refractivity contribution is -0.143. The van der Waals surface area contributed by atoms with Gasteiger partial charge in [-0.05, 0) is 68.0 Å². The summed E-state index contributed by atoms with van der Waals surface area (Å²) in [6.45, 7) is 3.26. The van der Waals surface area contributed by atoms with Crippen molar-refractivity contribution >= 4 is 22.7 Å². The Bertz CT molecular complexity index is 1430. The predicted octanol–water partition coefficient (Wildman–Crippen LogP) is 5.75. The second-order valence-corrected chi connectivity index (χ2v) is 11.0. The highest BCUT2D eigenvalue weighted by Crippen LogP contribution is 2.39. The molecule has 2 atom stereocenters. The van der Waals surface area contributed by atoms with Gasteiger partial charge in [0.1, 0.15) is 18.2 Å². The molecule has 6 rings (SSSR count). The SMILES string of the molecule is Cn1ccc(COc2ccc3nc([C@H]4CCCC[C@H]4C(=O)O)n(Cc4ccc(N5CCCCC5)cc4)c3c2)n1. The molecule has 1 aliphatic heterocycles. The van der Waals surface area contributed by atoms with Crippen molar-refractivity contribution in [2.75, 3.05) is 18.0 Å². The van der Waals surface area contributed by atoms with Gasteiger partial charge in [0, 0.05) is 50.6 Å². The first-order valence-electron chi connectivity index (χ1n) is 14.2. The number of carbonyl (C=O) groups is 1. The van der Waals surface area contributed by atoms with Crippen LogP contribution >= 0.6 is 0 Å². The van der Waals surface area contributed by atoms with Crippen LogP contribution in [0.4, 0.5) is 5.69 Å². The van der Waals surface area contributed by atoms with E-state index in [1.165, 1.54) is 30.5 Å². The topological polar surface area (TPSA) is 85.4 Å². The van der Waals surface area contributed by atoms with Gasteiger partial charge < -0.3 is 19.3 Å². The molecule has 1 saturated heterocycles. The molecule has 0 radical (unpaired) electrons. The number of aryl methyl sites for hydroxylation is 1. The first-order valence-corrected chi connectivity index (χ1v) is 14.2. The molecule has 8 heteroatoms. The number of hydrogen-bond acceptors (Lipinski definition) is 5. The molecule has 2 aliphatic rings. The third-order valence-corrected chi connectivity index (χ3v) is 8.32. The molecule has 8 nitrogen and oxygen atoms in total. The van der Waals surface area contributed by atoms with Crippen molar-refractivity contribution in [2.45, 2.75) is 64.0 Å². The minimum Gasteiger partial charge on any atom is -0.487 e. The lowest BCUT2D eigenvalue weighted by Gasteiger charge is -2.29. The van der Waals surface area contributed by atoms with Gasteiger partial charge in [0.05, 0.1) is 22.6 Å². The van der Waals surface area contributed by atoms with Crippen LogP contribution in [-0.4, -0.2) is 43.5 Å². The highest BCUT2D eigenvalue weighted by Gasteiger charge is 2.35. The Hall–Kier alpha value is -3.81. The molecule has 0 unspecified atom stereocenters. The van der Waals surface area contributed by atoms with E-state index in [4.69, 9.17) is 9.72 Å². The van der Waals surface area contributed by atoms with E-state index < -0.39 is 11.9 Å². The minimum absolute atomic E-state index is 0.103. The van der Waals surface area contributed by atoms with E-state index in [1.807, 2.05) is 37.5 Å². The van der Waals surface area contributed by atoms with E-state index in [-0.39, 0.29) is 5.92 Å². The molecule has 0 spiro atoms. The Labute approximate surface area is 229 Å². The summed E-state index contributed by atoms with van der Waals surface area (Å²) in [6, 6.07) is 16.8. The van der Waals surface area contributed by atoms with E-state index in [0.717, 1.165) is 60.7 Å². The number of nitrogens with zero attached hydrogens (tertiary/aromatic N) is 5. The maximum atomic E-state index is 12.2. The minimum atomic E-state index is -0.719. The molecule has 0 amide bonds. The van der Waals surface area contributed by atoms with Gasteiger partial charge in [0.25, 0.3) is 0 Å². The number of ether oxygens (including phenoxy) is 1. The Morgan fingerprint density at radius 1 is 1.00 bits per heavy atom. The lowest BCUT2D eigenvalue weighted by Crippen LogP contribution is -2.29. The number of hydrogen-bond donors (Lipinski definition) is 1. The fourth-order valence-corrected chi connectivity index (χ4v) is 6.24. The summed E-state index contributed by atoms with van der Waals surface area (Å²) in [4.78, 5) is 19.7. The molecule has 2 aromatic carbocycles. The van der Waals surface area contributed by atoms with Gasteiger partial charge in [-0.2, -0.15) is 5.10 Å². The summed E-state index contributed by atoms with van der Waals surface area (Å²) in [5.41, 5.74) is 5.16. The van der Waals surface area contributed by atoms with E-state index in [9.17, 15) is 9.90 Å². The molecule has 1 saturated carbocycles. The predicted molar refractivity (Wildman–Crippen MR) is 151 cm³/mol. The van der Waals surface area contributed by atoms with Crippen LogP contribution in [0.2, 0.25) is 0 Å². The van der Waals surface area contributed by atoms with E-state index in [2.05, 4.69) is 38.8 Å². The number of carboxylic acids is 1. The zero-order valence-corrected chi connectivity index (χ0v) is 22.6. The normalized spacial score (nSPS) is 19.9. The number of rotatable bonds is 8. The number of aliphatic carboxylic acids is 1. The van der Waals surface area contributed by atoms with Gasteiger partial charge in [0.2, 0.25) is 0 Å². The number of piperidine rings is 1. The number of imidazole rings is 1. The smallest absolute Gasteiger partial charge is 0.307 e. The van der Waals surface area contributed by atoms with Gasteiger partial charge in [-0.1, -0.05) is 25.0 Å². The first-order chi connectivity index (χ1) is 19.0. The van der Waals surface area contributed by atoms with Crippen LogP contribution < -0.4 is 9.64 Å². The van der Waals surface area contributed by atoms with E-state index in [0.29, 0.717) is 19.6 Å². The van der Waals surface area contributed by atoms with Gasteiger partial charge >= 0.3 is 5.97 Å². The Morgan fingerprint density at radius 2 is 1.79 bits per heavy atom. The van der Waals surface area contributed by atoms with Crippen LogP contribution in [0, 0.1) is 5.92 Å². The first kappa shape index (κ1) is 25.5. The van der Waals surface area contributed by atoms with Gasteiger partial charge in [0.15, 0.2) is 0 Å². The molecule has 1 aliphatic carbocycles. The summed E-state index contributed by atoms with van der Waals surface area (Å²) in [5, 5.41) is 14.4. The molecule has 4 aromatic rings. The monoisotopic (exact) mass is 527 g/mol. The number of anilines is 1. The Balaban J connectivity index is 1.33. The van der Waals surface area contributed by atoms with Crippen LogP contribution in [0.25, 0.3) is 11.0 Å². The summed E-state index contributed by atoms with van der Waals surface area (Å²) < 4.78 is 10.1. The number of aromatic nitrogens is 4. The highest BCUT2D eigenvalue weighted by atomic mass is 16.5. The average molecular weight is 528 g/mol. The molecule has 3 heterocycles. The second-order valence-electron chi connectivity index (χ2n) is 11.0. The maximum absolute atomic E-state index is 12.2. The number of fused-ring (bicyclic) bond motifs is 1. The Kier molecular flexibility index (Phi) is 7.26. The third-order valence-electron chi connectivity index (χ3n) is 8.32. The number of benzene rings is 2. The molecule has 0 bridgehead atoms. The van der Waals surface area contributed by atoms with Crippen molar-refractivity contribution in [3.63, 3.8) is 0 Å². The van der Waals surface area contributed by atoms with Crippen LogP contribution in [0.15, 0.2) is 54.7 Å². The molecule has 2 aromatic heterocycles. The standard InChI is InChI=1S/C31H37N5O3/c1-34-18-15-23(33-34)21-39-25-13-14-28-29(19-25)36(30(32-28)26-7-3-4-8-27(26)31(37)38)20-22-9-11-24(12-10-22)35-16-5-2-6-17-35/h9-15,18-19,26-27H,2-8,16-17,20-21H2,1H3,(H,37,38)/t26-,27+/m0/s1. The summed E-state index contributed by atoms with van der Waals surface area (Å²) in [5.74, 6) is 0.396. The van der Waals surface area contributed by atoms with Crippen molar-refractivity contribution in [1.29, 1.82) is 0 Å². The fourth-order valence-electron chi connectivity index (χ4n) is 6.24. The Morgan fingerprint density at radius 3 is 2.54 bits per heavy atom. The van der Waals surface area contributed by atoms with Gasteiger partial charge in [-0.15, -0.1) is 0 Å². The van der Waals surface area contributed by atoms with Crippen molar-refractivity contribution < 1.29 is 14.6 Å². The van der Waals surface area contributed by atoms with Crippen LogP contribution in [0.3, 0.4) is 0 Å². The molecule has 39 heavy (non-hydrogen) atoms. The zero-order chi connectivity index (χ0) is 26.8. The number of carboxylic acid groups (broad SMARTS) is 1. The van der Waals surface area contributed by atoms with Crippen molar-refractivity contribution in [3.05, 3.63) is 71.8 Å². The van der Waals surface area contributed by atoms with Gasteiger partial charge in [-0.25, -0.2) is 4.98 Å². The summed E-state index contributed by atoms with van der Waals surface area (Å²) in [6.07, 6.45) is 9.26. The maximum Gasteiger partial charge on any atom is 0.307 e.